The van der Waals surface area contributed by atoms with Gasteiger partial charge in [0.2, 0.25) is 11.6 Å². The number of nitrogens with zero attached hydrogens (tertiary/aromatic N) is 3. The van der Waals surface area contributed by atoms with E-state index in [2.05, 4.69) is 4.98 Å². The first kappa shape index (κ1) is 30.6. The lowest BCUT2D eigenvalue weighted by Gasteiger charge is -2.31. The minimum atomic E-state index is -1.41. The number of carbonyl (C=O) groups excluding carboxylic acids is 1. The van der Waals surface area contributed by atoms with Crippen LogP contribution >= 0.6 is 0 Å². The molecule has 218 valence electrons. The van der Waals surface area contributed by atoms with E-state index in [1.165, 1.54) is 49.1 Å². The Balaban J connectivity index is 2.22. The zero-order valence-electron chi connectivity index (χ0n) is 22.7. The highest BCUT2D eigenvalue weighted by Gasteiger charge is 2.31. The molecule has 0 bridgehead atoms. The van der Waals surface area contributed by atoms with Gasteiger partial charge in [-0.2, -0.15) is 13.8 Å². The van der Waals surface area contributed by atoms with Crippen molar-refractivity contribution in [3.05, 3.63) is 65.2 Å². The van der Waals surface area contributed by atoms with Gasteiger partial charge in [-0.25, -0.2) is 0 Å². The molecule has 14 heteroatoms. The van der Waals surface area contributed by atoms with Gasteiger partial charge >= 0.3 is 5.97 Å². The lowest BCUT2D eigenvalue weighted by atomic mass is 10.1. The lowest BCUT2D eigenvalue weighted by Crippen LogP contribution is -2.47. The number of nitrogen functional groups attached to an aromatic ring is 1. The van der Waals surface area contributed by atoms with Gasteiger partial charge in [-0.1, -0.05) is 6.07 Å². The van der Waals surface area contributed by atoms with Crippen LogP contribution in [0.4, 0.5) is 14.5 Å². The van der Waals surface area contributed by atoms with Crippen LogP contribution < -0.4 is 25.8 Å². The molecule has 41 heavy (non-hydrogen) atoms. The zero-order chi connectivity index (χ0) is 30.6. The van der Waals surface area contributed by atoms with E-state index in [4.69, 9.17) is 26.4 Å². The van der Waals surface area contributed by atoms with Crippen molar-refractivity contribution in [1.82, 2.24) is 9.88 Å². The molecule has 0 saturated carbocycles. The summed E-state index contributed by atoms with van der Waals surface area (Å²) in [5.41, 5.74) is 9.90. The van der Waals surface area contributed by atoms with Gasteiger partial charge in [-0.15, -0.1) is 0 Å². The number of benzene rings is 2. The number of carboxylic acids is 1. The molecule has 0 aliphatic heterocycles. The lowest BCUT2D eigenvalue weighted by molar-refractivity contribution is -0.135. The van der Waals surface area contributed by atoms with E-state index in [-0.39, 0.29) is 40.9 Å². The summed E-state index contributed by atoms with van der Waals surface area (Å²) in [4.78, 5) is 30.0. The SMILES string of the molecule is CN(C)C(=O)c1cccc(Oc2nc(Oc3cc(C(=N)N)ccc3O)c(F)c(N(CC(=O)O)CC(C)(C)N)c2F)c1. The highest BCUT2D eigenvalue weighted by atomic mass is 19.1. The maximum atomic E-state index is 15.9. The minimum absolute atomic E-state index is 0.0435. The largest absolute Gasteiger partial charge is 0.504 e. The normalized spacial score (nSPS) is 11.1. The summed E-state index contributed by atoms with van der Waals surface area (Å²) >= 11 is 0. The van der Waals surface area contributed by atoms with Crippen molar-refractivity contribution < 1.29 is 38.1 Å². The number of amides is 1. The van der Waals surface area contributed by atoms with Crippen molar-refractivity contribution in [3.63, 3.8) is 0 Å². The Hall–Kier alpha value is -4.98. The van der Waals surface area contributed by atoms with E-state index in [0.717, 1.165) is 17.0 Å². The number of aliphatic carboxylic acids is 1. The topological polar surface area (TPSA) is 188 Å². The maximum absolute atomic E-state index is 15.9. The number of anilines is 1. The Bertz CT molecular complexity index is 1490. The van der Waals surface area contributed by atoms with Gasteiger partial charge in [0.25, 0.3) is 17.7 Å². The fourth-order valence-corrected chi connectivity index (χ4v) is 3.70. The van der Waals surface area contributed by atoms with Gasteiger partial charge in [0.15, 0.2) is 11.5 Å². The van der Waals surface area contributed by atoms with Crippen molar-refractivity contribution in [2.45, 2.75) is 19.4 Å². The van der Waals surface area contributed by atoms with Crippen molar-refractivity contribution >= 4 is 23.4 Å². The zero-order valence-corrected chi connectivity index (χ0v) is 22.7. The van der Waals surface area contributed by atoms with Crippen molar-refractivity contribution in [2.24, 2.45) is 11.5 Å². The van der Waals surface area contributed by atoms with Crippen molar-refractivity contribution in [1.29, 1.82) is 5.41 Å². The van der Waals surface area contributed by atoms with Gasteiger partial charge in [-0.05, 0) is 50.2 Å². The van der Waals surface area contributed by atoms with E-state index in [0.29, 0.717) is 0 Å². The number of ether oxygens (including phenoxy) is 2. The van der Waals surface area contributed by atoms with Crippen LogP contribution in [0.25, 0.3) is 0 Å². The molecule has 0 aliphatic rings. The molecule has 7 N–H and O–H groups in total. The summed E-state index contributed by atoms with van der Waals surface area (Å²) in [6.45, 7) is 1.90. The molecule has 1 aromatic heterocycles. The highest BCUT2D eigenvalue weighted by molar-refractivity contribution is 5.95. The summed E-state index contributed by atoms with van der Waals surface area (Å²) in [6.07, 6.45) is 0. The fourth-order valence-electron chi connectivity index (χ4n) is 3.70. The monoisotopic (exact) mass is 572 g/mol. The first-order valence-electron chi connectivity index (χ1n) is 12.1. The molecular formula is C27H30F2N6O6. The second-order valence-corrected chi connectivity index (χ2v) is 9.96. The number of nitrogens with two attached hydrogens (primary N) is 2. The van der Waals surface area contributed by atoms with Crippen LogP contribution in [0, 0.1) is 17.0 Å². The van der Waals surface area contributed by atoms with Crippen LogP contribution in [0.15, 0.2) is 42.5 Å². The molecule has 0 unspecified atom stereocenters. The van der Waals surface area contributed by atoms with Gasteiger partial charge in [-0.3, -0.25) is 15.0 Å². The van der Waals surface area contributed by atoms with E-state index in [9.17, 15) is 19.8 Å². The molecule has 3 aromatic rings. The number of amidine groups is 1. The molecular weight excluding hydrogens is 542 g/mol. The van der Waals surface area contributed by atoms with Gasteiger partial charge in [0, 0.05) is 37.3 Å². The molecule has 0 radical (unpaired) electrons. The van der Waals surface area contributed by atoms with E-state index in [1.807, 2.05) is 0 Å². The smallest absolute Gasteiger partial charge is 0.323 e. The van der Waals surface area contributed by atoms with Crippen LogP contribution in [-0.4, -0.2) is 70.5 Å². The number of aromatic nitrogens is 1. The van der Waals surface area contributed by atoms with E-state index >= 15 is 8.78 Å². The molecule has 1 amide bonds. The average Bonchev–Trinajstić information content (AvgIpc) is 2.86. The number of pyridine rings is 1. The van der Waals surface area contributed by atoms with Gasteiger partial charge < -0.3 is 41.0 Å². The summed E-state index contributed by atoms with van der Waals surface area (Å²) in [5, 5.41) is 27.4. The first-order chi connectivity index (χ1) is 19.1. The maximum Gasteiger partial charge on any atom is 0.323 e. The Morgan fingerprint density at radius 1 is 1.05 bits per heavy atom. The molecule has 0 spiro atoms. The van der Waals surface area contributed by atoms with Gasteiger partial charge in [0.05, 0.1) is 0 Å². The average molecular weight is 573 g/mol. The van der Waals surface area contributed by atoms with Crippen LogP contribution in [0.1, 0.15) is 29.8 Å². The Kier molecular flexibility index (Phi) is 8.97. The molecule has 3 rings (SSSR count). The summed E-state index contributed by atoms with van der Waals surface area (Å²) < 4.78 is 42.9. The molecule has 2 aromatic carbocycles. The molecule has 0 saturated heterocycles. The quantitative estimate of drug-likeness (QED) is 0.168. The molecule has 1 heterocycles. The second-order valence-electron chi connectivity index (χ2n) is 9.96. The van der Waals surface area contributed by atoms with Crippen molar-refractivity contribution in [2.75, 3.05) is 32.1 Å². The number of halogens is 2. The van der Waals surface area contributed by atoms with Crippen LogP contribution in [0.3, 0.4) is 0 Å². The number of carboxylic acid groups (broad SMARTS) is 1. The molecule has 0 fully saturated rings. The van der Waals surface area contributed by atoms with Crippen LogP contribution in [-0.2, 0) is 4.79 Å². The summed E-state index contributed by atoms with van der Waals surface area (Å²) in [6, 6.07) is 9.30. The fraction of sp³-hybridized carbons (Fsp3) is 0.259. The predicted octanol–water partition coefficient (Wildman–Crippen LogP) is 3.26. The van der Waals surface area contributed by atoms with E-state index in [1.54, 1.807) is 14.1 Å². The number of phenols is 1. The Morgan fingerprint density at radius 3 is 2.24 bits per heavy atom. The Morgan fingerprint density at radius 2 is 1.68 bits per heavy atom. The third-order valence-corrected chi connectivity index (χ3v) is 5.41. The number of hydrogen-bond donors (Lipinski definition) is 5. The number of rotatable bonds is 11. The number of aromatic hydroxyl groups is 1. The third kappa shape index (κ3) is 7.57. The molecule has 0 aliphatic carbocycles. The predicted molar refractivity (Wildman–Crippen MR) is 146 cm³/mol. The Labute approximate surface area is 234 Å². The third-order valence-electron chi connectivity index (χ3n) is 5.41. The van der Waals surface area contributed by atoms with Crippen LogP contribution in [0.2, 0.25) is 0 Å². The second kappa shape index (κ2) is 12.0. The van der Waals surface area contributed by atoms with Crippen LogP contribution in [0.5, 0.6) is 29.0 Å². The van der Waals surface area contributed by atoms with E-state index < -0.39 is 52.9 Å². The summed E-state index contributed by atoms with van der Waals surface area (Å²) in [5.74, 6) is -7.55. The standard InChI is InChI=1S/C27H30F2N6O6/c1-27(2,32)13-35(12-19(37)38)22-20(28)24(40-16-7-5-6-15(10-16)26(39)34(3)4)33-25(21(22)29)41-18-11-14(23(30)31)8-9-17(18)36/h5-11,36H,12-13,32H2,1-4H3,(H3,30,31)(H,37,38). The van der Waals surface area contributed by atoms with Gasteiger partial charge in [0.1, 0.15) is 23.8 Å². The van der Waals surface area contributed by atoms with Crippen molar-refractivity contribution in [3.8, 4) is 29.0 Å². The minimum Gasteiger partial charge on any atom is -0.504 e. The highest BCUT2D eigenvalue weighted by Crippen LogP contribution is 2.40. The number of phenolic OH excluding ortho intramolecular Hbond substituents is 1. The molecule has 0 atom stereocenters. The molecule has 12 nitrogen and oxygen atoms in total. The number of nitrogens with one attached hydrogen (secondary N) is 1. The number of carbonyl (C=O) groups is 2. The summed E-state index contributed by atoms with van der Waals surface area (Å²) in [7, 11) is 3.08. The first-order valence-corrected chi connectivity index (χ1v) is 12.1. The number of hydrogen-bond acceptors (Lipinski definition) is 9.